The van der Waals surface area contributed by atoms with E-state index in [4.69, 9.17) is 28.4 Å². The Balaban J connectivity index is 1.44. The lowest BCUT2D eigenvalue weighted by atomic mass is 9.78. The van der Waals surface area contributed by atoms with E-state index in [-0.39, 0.29) is 42.8 Å². The van der Waals surface area contributed by atoms with Crippen LogP contribution in [-0.4, -0.2) is 133 Å². The number of rotatable bonds is 8. The molecule has 15 heteroatoms. The molecular weight excluding hydrogens is 935 g/mol. The highest BCUT2D eigenvalue weighted by molar-refractivity contribution is 6.39. The van der Waals surface area contributed by atoms with Gasteiger partial charge in [-0.2, -0.15) is 0 Å². The number of carbonyl (C=O) groups is 6. The second-order valence-electron chi connectivity index (χ2n) is 21.3. The number of ketones is 3. The number of ether oxygens (including phenoxy) is 6. The molecule has 2 saturated heterocycles. The molecule has 3 fully saturated rings. The molecule has 0 unspecified atom stereocenters. The molecule has 3 heterocycles. The minimum atomic E-state index is -2.45. The van der Waals surface area contributed by atoms with E-state index in [1.807, 2.05) is 64.1 Å². The largest absolute Gasteiger partial charge is 0.460 e. The van der Waals surface area contributed by atoms with Gasteiger partial charge in [0.15, 0.2) is 5.78 Å². The normalized spacial score (nSPS) is 37.1. The minimum Gasteiger partial charge on any atom is -0.460 e. The van der Waals surface area contributed by atoms with Gasteiger partial charge in [-0.15, -0.1) is 0 Å². The number of methoxy groups -OCH3 is 3. The molecular formula is C58H83NO14. The number of esters is 2. The quantitative estimate of drug-likeness (QED) is 0.144. The topological polar surface area (TPSA) is 201 Å². The van der Waals surface area contributed by atoms with E-state index >= 15 is 0 Å². The number of benzene rings is 1. The lowest BCUT2D eigenvalue weighted by molar-refractivity contribution is -0.265. The van der Waals surface area contributed by atoms with Crippen LogP contribution >= 0.6 is 0 Å². The number of hydrogen-bond acceptors (Lipinski definition) is 14. The van der Waals surface area contributed by atoms with Gasteiger partial charge in [-0.1, -0.05) is 89.3 Å². The highest BCUT2D eigenvalue weighted by atomic mass is 16.6. The number of hydrogen-bond donors (Lipinski definition) is 2. The van der Waals surface area contributed by atoms with Crippen LogP contribution in [-0.2, 0) is 52.4 Å². The summed E-state index contributed by atoms with van der Waals surface area (Å²) in [7, 11) is 4.53. The Hall–Kier alpha value is -4.64. The standard InChI is InChI=1S/C58H83NO14/c1-35-19-13-11-14-20-36(2)48(68-8)33-44-26-24-41(7)58(67,73-44)54(63)55(64)59-28-18-17-23-45(59)57(66)72-49(34-46(60)37(3)30-40(6)52(62)53(70-10)51(61)39(5)29-35)38(4)31-42-25-27-47(50(32-42)69-9)71-56(65)43-21-15-12-16-22-43/h11-16,19-22,30,35,37-39,41-42,44-45,47-50,52-53,62,67H,17-18,23-29,31-34H2,1-10H3/b14-11+,19-13+,36-20+,40-30+/t35-,37-,38-,39-,41-,42+,44+,45+,47-,48+,49+,50-,52-,53+,58-/m1/s1. The zero-order valence-electron chi connectivity index (χ0n) is 44.9. The molecule has 15 nitrogen and oxygen atoms in total. The number of aliphatic hydroxyl groups is 2. The fourth-order valence-electron chi connectivity index (χ4n) is 11.0. The van der Waals surface area contributed by atoms with Gasteiger partial charge in [-0.05, 0) is 119 Å². The number of fused-ring (bicyclic) bond motifs is 3. The van der Waals surface area contributed by atoms with Crippen molar-refractivity contribution in [3.63, 3.8) is 0 Å². The van der Waals surface area contributed by atoms with Gasteiger partial charge >= 0.3 is 11.9 Å². The minimum absolute atomic E-state index is 0.00536. The highest BCUT2D eigenvalue weighted by Gasteiger charge is 2.53. The first kappa shape index (κ1) is 59.2. The lowest BCUT2D eigenvalue weighted by Gasteiger charge is -2.42. The zero-order valence-corrected chi connectivity index (χ0v) is 44.9. The maximum Gasteiger partial charge on any atom is 0.338 e. The van der Waals surface area contributed by atoms with E-state index in [1.54, 1.807) is 65.3 Å². The first-order valence-electron chi connectivity index (χ1n) is 26.5. The molecule has 2 bridgehead atoms. The summed E-state index contributed by atoms with van der Waals surface area (Å²) in [5.74, 6) is -8.71. The molecule has 15 atom stereocenters. The molecule has 0 radical (unpaired) electrons. The Labute approximate surface area is 433 Å². The van der Waals surface area contributed by atoms with E-state index < -0.39 is 102 Å². The molecule has 4 aliphatic rings. The third kappa shape index (κ3) is 15.7. The average Bonchev–Trinajstić information content (AvgIpc) is 3.38. The van der Waals surface area contributed by atoms with E-state index in [0.29, 0.717) is 75.3 Å². The van der Waals surface area contributed by atoms with Crippen LogP contribution in [0.25, 0.3) is 0 Å². The van der Waals surface area contributed by atoms with Gasteiger partial charge < -0.3 is 43.5 Å². The summed E-state index contributed by atoms with van der Waals surface area (Å²) >= 11 is 0. The van der Waals surface area contributed by atoms with Crippen molar-refractivity contribution in [2.24, 2.45) is 35.5 Å². The summed E-state index contributed by atoms with van der Waals surface area (Å²) in [6, 6.07) is 7.59. The third-order valence-corrected chi connectivity index (χ3v) is 15.7. The number of nitrogens with zero attached hydrogens (tertiary/aromatic N) is 1. The van der Waals surface area contributed by atoms with Crippen molar-refractivity contribution in [1.29, 1.82) is 0 Å². The molecule has 5 rings (SSSR count). The van der Waals surface area contributed by atoms with Gasteiger partial charge in [0, 0.05) is 58.5 Å². The average molecular weight is 1020 g/mol. The Kier molecular flexibility index (Phi) is 22.5. The van der Waals surface area contributed by atoms with E-state index in [1.165, 1.54) is 12.0 Å². The smallest absolute Gasteiger partial charge is 0.338 e. The van der Waals surface area contributed by atoms with Gasteiger partial charge in [0.05, 0.1) is 23.9 Å². The van der Waals surface area contributed by atoms with Gasteiger partial charge in [0.25, 0.3) is 11.7 Å². The Morgan fingerprint density at radius 2 is 1.56 bits per heavy atom. The molecule has 1 aromatic carbocycles. The Morgan fingerprint density at radius 3 is 2.25 bits per heavy atom. The van der Waals surface area contributed by atoms with Crippen molar-refractivity contribution >= 4 is 35.2 Å². The Morgan fingerprint density at radius 1 is 0.836 bits per heavy atom. The molecule has 1 saturated carbocycles. The van der Waals surface area contributed by atoms with Crippen LogP contribution in [0.5, 0.6) is 0 Å². The van der Waals surface area contributed by atoms with Crippen LogP contribution in [0.1, 0.15) is 136 Å². The molecule has 1 amide bonds. The van der Waals surface area contributed by atoms with Crippen LogP contribution in [0.3, 0.4) is 0 Å². The molecule has 1 aliphatic carbocycles. The zero-order chi connectivity index (χ0) is 53.6. The Bertz CT molecular complexity index is 2170. The summed E-state index contributed by atoms with van der Waals surface area (Å²) in [5.41, 5.74) is 1.69. The fourth-order valence-corrected chi connectivity index (χ4v) is 11.0. The van der Waals surface area contributed by atoms with E-state index in [9.17, 15) is 39.0 Å². The second kappa shape index (κ2) is 27.8. The summed E-state index contributed by atoms with van der Waals surface area (Å²) in [5, 5.41) is 23.5. The molecule has 0 spiro atoms. The predicted molar refractivity (Wildman–Crippen MR) is 275 cm³/mol. The van der Waals surface area contributed by atoms with Crippen molar-refractivity contribution in [2.45, 2.75) is 180 Å². The van der Waals surface area contributed by atoms with Gasteiger partial charge in [-0.3, -0.25) is 19.2 Å². The maximum absolute atomic E-state index is 14.6. The number of cyclic esters (lactones) is 1. The van der Waals surface area contributed by atoms with Gasteiger partial charge in [-0.25, -0.2) is 9.59 Å². The van der Waals surface area contributed by atoms with Crippen LogP contribution < -0.4 is 0 Å². The predicted octanol–water partition coefficient (Wildman–Crippen LogP) is 8.05. The van der Waals surface area contributed by atoms with E-state index in [0.717, 1.165) is 5.57 Å². The van der Waals surface area contributed by atoms with Crippen molar-refractivity contribution in [2.75, 3.05) is 27.9 Å². The van der Waals surface area contributed by atoms with Crippen LogP contribution in [0.2, 0.25) is 0 Å². The number of piperidine rings is 1. The molecule has 1 aromatic rings. The first-order valence-corrected chi connectivity index (χ1v) is 26.5. The van der Waals surface area contributed by atoms with E-state index in [2.05, 4.69) is 0 Å². The van der Waals surface area contributed by atoms with Crippen LogP contribution in [0.15, 0.2) is 77.9 Å². The molecule has 2 N–H and O–H groups in total. The van der Waals surface area contributed by atoms with Gasteiger partial charge in [0.2, 0.25) is 5.79 Å². The third-order valence-electron chi connectivity index (χ3n) is 15.7. The lowest BCUT2D eigenvalue weighted by Crippen LogP contribution is -2.61. The summed E-state index contributed by atoms with van der Waals surface area (Å²) < 4.78 is 35.8. The monoisotopic (exact) mass is 1020 g/mol. The van der Waals surface area contributed by atoms with Crippen LogP contribution in [0.4, 0.5) is 0 Å². The maximum atomic E-state index is 14.6. The van der Waals surface area contributed by atoms with Crippen LogP contribution in [0, 0.1) is 35.5 Å². The van der Waals surface area contributed by atoms with Crippen molar-refractivity contribution in [1.82, 2.24) is 4.90 Å². The number of carbonyl (C=O) groups excluding carboxylic acids is 6. The SMILES string of the molecule is CO[C@H]1C[C@@H]2CC[C@@H](C)[C@@](O)(O2)C(=O)C(=O)N2CCCC[C@H]2C(=O)O[C@H]([C@H](C)C[C@@H]2CC[C@@H](OC(=O)c3ccccc3)[C@H](OC)C2)CC(=O)[C@H](C)/C=C(\C)[C@@H](O)[C@@H](OC)C(=O)[C@H](C)C[C@H](C)/C=C/C=C/C=C/1C. The number of aliphatic hydroxyl groups excluding tert-OH is 1. The van der Waals surface area contributed by atoms with Crippen molar-refractivity contribution in [3.8, 4) is 0 Å². The summed E-state index contributed by atoms with van der Waals surface area (Å²) in [6.07, 6.45) is 10.8. The van der Waals surface area contributed by atoms with Crippen molar-refractivity contribution < 1.29 is 67.4 Å². The molecule has 0 aromatic heterocycles. The highest BCUT2D eigenvalue weighted by Crippen LogP contribution is 2.38. The first-order chi connectivity index (χ1) is 34.7. The van der Waals surface area contributed by atoms with Gasteiger partial charge in [0.1, 0.15) is 36.2 Å². The number of allylic oxidation sites excluding steroid dienone is 6. The molecule has 404 valence electrons. The second-order valence-corrected chi connectivity index (χ2v) is 21.3. The summed E-state index contributed by atoms with van der Waals surface area (Å²) in [4.78, 5) is 85.5. The number of amides is 1. The number of Topliss-reactive ketones (excluding diaryl/α,β-unsaturated/α-hetero) is 3. The molecule has 73 heavy (non-hydrogen) atoms. The molecule has 3 aliphatic heterocycles. The fraction of sp³-hybridized carbons (Fsp3) is 0.655. The summed E-state index contributed by atoms with van der Waals surface area (Å²) in [6.45, 7) is 12.7. The van der Waals surface area contributed by atoms with Crippen molar-refractivity contribution in [3.05, 3.63) is 83.5 Å².